The van der Waals surface area contributed by atoms with Gasteiger partial charge in [-0.2, -0.15) is 0 Å². The van der Waals surface area contributed by atoms with E-state index in [4.69, 9.17) is 4.99 Å². The summed E-state index contributed by atoms with van der Waals surface area (Å²) in [5, 5.41) is 6.95. The summed E-state index contributed by atoms with van der Waals surface area (Å²) in [5.41, 5.74) is 1.34. The van der Waals surface area contributed by atoms with E-state index in [9.17, 15) is 0 Å². The van der Waals surface area contributed by atoms with Crippen molar-refractivity contribution in [3.05, 3.63) is 35.9 Å². The molecule has 0 amide bonds. The number of aliphatic imine (C=N–C) groups is 1. The Bertz CT molecular complexity index is 570. The number of nitrogens with one attached hydrogen (secondary N) is 2. The lowest BCUT2D eigenvalue weighted by Crippen LogP contribution is -2.49. The van der Waals surface area contributed by atoms with Crippen LogP contribution in [0.1, 0.15) is 39.3 Å². The lowest BCUT2D eigenvalue weighted by atomic mass is 10.1. The van der Waals surface area contributed by atoms with E-state index < -0.39 is 0 Å². The van der Waals surface area contributed by atoms with Gasteiger partial charge < -0.3 is 15.5 Å². The summed E-state index contributed by atoms with van der Waals surface area (Å²) in [7, 11) is 0. The molecule has 1 fully saturated rings. The first-order valence-corrected chi connectivity index (χ1v) is 11.5. The molecule has 7 heteroatoms. The van der Waals surface area contributed by atoms with Crippen molar-refractivity contribution in [2.24, 2.45) is 4.99 Å². The summed E-state index contributed by atoms with van der Waals surface area (Å²) < 4.78 is 0. The van der Waals surface area contributed by atoms with E-state index in [2.05, 4.69) is 83.4 Å². The van der Waals surface area contributed by atoms with Crippen molar-refractivity contribution in [1.82, 2.24) is 25.3 Å². The fraction of sp³-hybridized carbons (Fsp3) is 0.696. The van der Waals surface area contributed by atoms with E-state index >= 15 is 0 Å². The van der Waals surface area contributed by atoms with Crippen molar-refractivity contribution in [3.63, 3.8) is 0 Å². The highest BCUT2D eigenvalue weighted by Crippen LogP contribution is 2.20. The number of benzene rings is 1. The second-order valence-corrected chi connectivity index (χ2v) is 7.57. The largest absolute Gasteiger partial charge is 0.357 e. The smallest absolute Gasteiger partial charge is 0.191 e. The van der Waals surface area contributed by atoms with Crippen LogP contribution in [0.4, 0.5) is 0 Å². The van der Waals surface area contributed by atoms with Crippen LogP contribution in [-0.4, -0.2) is 92.7 Å². The quantitative estimate of drug-likeness (QED) is 0.262. The zero-order valence-corrected chi connectivity index (χ0v) is 21.8. The first kappa shape index (κ1) is 27.1. The number of guanidine groups is 1. The molecule has 0 aliphatic carbocycles. The Kier molecular flexibility index (Phi) is 14.3. The van der Waals surface area contributed by atoms with Gasteiger partial charge in [-0.3, -0.25) is 14.8 Å². The standard InChI is InChI=1S/C23H42N6.HI/c1-5-24-23(25-14-15-28-18-16-27(6-2)17-19-28)26-20-22(29(7-3)8-4)21-12-10-9-11-13-21;/h9-13,22H,5-8,14-20H2,1-4H3,(H2,24,25,26);1H. The molecular weight excluding hydrogens is 487 g/mol. The average molecular weight is 531 g/mol. The predicted molar refractivity (Wildman–Crippen MR) is 140 cm³/mol. The number of likely N-dealkylation sites (N-methyl/N-ethyl adjacent to an activating group) is 2. The average Bonchev–Trinajstić information content (AvgIpc) is 2.77. The highest BCUT2D eigenvalue weighted by Gasteiger charge is 2.18. The second kappa shape index (κ2) is 15.8. The fourth-order valence-corrected chi connectivity index (χ4v) is 3.95. The molecule has 0 saturated carbocycles. The van der Waals surface area contributed by atoms with Gasteiger partial charge >= 0.3 is 0 Å². The van der Waals surface area contributed by atoms with E-state index in [0.717, 1.165) is 45.2 Å². The van der Waals surface area contributed by atoms with Crippen LogP contribution >= 0.6 is 24.0 Å². The highest BCUT2D eigenvalue weighted by atomic mass is 127. The van der Waals surface area contributed by atoms with E-state index in [0.29, 0.717) is 6.04 Å². The second-order valence-electron chi connectivity index (χ2n) is 7.57. The molecular formula is C23H43IN6. The summed E-state index contributed by atoms with van der Waals surface area (Å²) in [6.07, 6.45) is 0. The van der Waals surface area contributed by atoms with E-state index in [1.165, 1.54) is 38.3 Å². The van der Waals surface area contributed by atoms with Crippen LogP contribution in [0, 0.1) is 0 Å². The predicted octanol–water partition coefficient (Wildman–Crippen LogP) is 2.88. The van der Waals surface area contributed by atoms with Crippen molar-refractivity contribution in [2.45, 2.75) is 33.7 Å². The van der Waals surface area contributed by atoms with Gasteiger partial charge in [-0.05, 0) is 32.1 Å². The molecule has 1 heterocycles. The van der Waals surface area contributed by atoms with Crippen LogP contribution in [0.5, 0.6) is 0 Å². The number of nitrogens with zero attached hydrogens (tertiary/aromatic N) is 4. The molecule has 1 aliphatic rings. The van der Waals surface area contributed by atoms with Gasteiger partial charge in [0.05, 0.1) is 12.6 Å². The van der Waals surface area contributed by atoms with Gasteiger partial charge in [0.15, 0.2) is 5.96 Å². The van der Waals surface area contributed by atoms with E-state index in [1.54, 1.807) is 0 Å². The first-order valence-electron chi connectivity index (χ1n) is 11.5. The van der Waals surface area contributed by atoms with Crippen molar-refractivity contribution in [3.8, 4) is 0 Å². The molecule has 0 spiro atoms. The SMILES string of the molecule is CCNC(=NCC(c1ccccc1)N(CC)CC)NCCN1CCN(CC)CC1.I. The zero-order chi connectivity index (χ0) is 20.9. The third-order valence-corrected chi connectivity index (χ3v) is 5.84. The molecule has 6 nitrogen and oxygen atoms in total. The van der Waals surface area contributed by atoms with Gasteiger partial charge in [-0.1, -0.05) is 51.1 Å². The molecule has 2 N–H and O–H groups in total. The maximum atomic E-state index is 4.94. The van der Waals surface area contributed by atoms with Crippen molar-refractivity contribution >= 4 is 29.9 Å². The monoisotopic (exact) mass is 530 g/mol. The molecule has 1 aromatic carbocycles. The Labute approximate surface area is 201 Å². The first-order chi connectivity index (χ1) is 14.2. The molecule has 2 rings (SSSR count). The van der Waals surface area contributed by atoms with Gasteiger partial charge in [0.2, 0.25) is 0 Å². The number of halogens is 1. The number of hydrogen-bond donors (Lipinski definition) is 2. The van der Waals surface area contributed by atoms with Crippen LogP contribution in [0.25, 0.3) is 0 Å². The summed E-state index contributed by atoms with van der Waals surface area (Å²) in [6, 6.07) is 11.1. The molecule has 0 radical (unpaired) electrons. The molecule has 172 valence electrons. The number of hydrogen-bond acceptors (Lipinski definition) is 4. The lowest BCUT2D eigenvalue weighted by Gasteiger charge is -2.34. The van der Waals surface area contributed by atoms with Crippen LogP contribution in [0.15, 0.2) is 35.3 Å². The van der Waals surface area contributed by atoms with Crippen LogP contribution < -0.4 is 10.6 Å². The molecule has 1 atom stereocenters. The Morgan fingerprint density at radius 3 is 2.17 bits per heavy atom. The van der Waals surface area contributed by atoms with Gasteiger partial charge in [0.1, 0.15) is 0 Å². The number of rotatable bonds is 11. The summed E-state index contributed by atoms with van der Waals surface area (Å²) in [4.78, 5) is 12.5. The minimum Gasteiger partial charge on any atom is -0.357 e. The Balaban J connectivity index is 0.00000450. The van der Waals surface area contributed by atoms with Gasteiger partial charge in [-0.25, -0.2) is 0 Å². The Morgan fingerprint density at radius 2 is 1.60 bits per heavy atom. The lowest BCUT2D eigenvalue weighted by molar-refractivity contribution is 0.139. The molecule has 30 heavy (non-hydrogen) atoms. The molecule has 0 aromatic heterocycles. The normalized spacial score (nSPS) is 16.9. The summed E-state index contributed by atoms with van der Waals surface area (Å²) in [6.45, 7) is 20.4. The van der Waals surface area contributed by atoms with Gasteiger partial charge in [-0.15, -0.1) is 24.0 Å². The zero-order valence-electron chi connectivity index (χ0n) is 19.4. The summed E-state index contributed by atoms with van der Waals surface area (Å²) >= 11 is 0. The van der Waals surface area contributed by atoms with Crippen LogP contribution in [0.2, 0.25) is 0 Å². The van der Waals surface area contributed by atoms with E-state index in [1.807, 2.05) is 0 Å². The van der Waals surface area contributed by atoms with Gasteiger partial charge in [0, 0.05) is 45.8 Å². The summed E-state index contributed by atoms with van der Waals surface area (Å²) in [5.74, 6) is 0.924. The highest BCUT2D eigenvalue weighted by molar-refractivity contribution is 14.0. The van der Waals surface area contributed by atoms with Crippen LogP contribution in [-0.2, 0) is 0 Å². The molecule has 0 bridgehead atoms. The Hall–Kier alpha value is -0.900. The van der Waals surface area contributed by atoms with E-state index in [-0.39, 0.29) is 24.0 Å². The molecule has 1 aromatic rings. The van der Waals surface area contributed by atoms with Crippen LogP contribution in [0.3, 0.4) is 0 Å². The third-order valence-electron chi connectivity index (χ3n) is 5.84. The van der Waals surface area contributed by atoms with Crippen molar-refractivity contribution < 1.29 is 0 Å². The molecule has 1 saturated heterocycles. The fourth-order valence-electron chi connectivity index (χ4n) is 3.95. The minimum atomic E-state index is 0. The van der Waals surface area contributed by atoms with Crippen molar-refractivity contribution in [1.29, 1.82) is 0 Å². The maximum Gasteiger partial charge on any atom is 0.191 e. The third kappa shape index (κ3) is 9.08. The minimum absolute atomic E-state index is 0. The molecule has 1 aliphatic heterocycles. The Morgan fingerprint density at radius 1 is 0.967 bits per heavy atom. The number of piperazine rings is 1. The maximum absolute atomic E-state index is 4.94. The topological polar surface area (TPSA) is 46.1 Å². The van der Waals surface area contributed by atoms with Crippen molar-refractivity contribution in [2.75, 3.05) is 72.0 Å². The molecule has 1 unspecified atom stereocenters. The van der Waals surface area contributed by atoms with Gasteiger partial charge in [0.25, 0.3) is 0 Å².